The van der Waals surface area contributed by atoms with Crippen molar-refractivity contribution in [1.82, 2.24) is 15.2 Å². The van der Waals surface area contributed by atoms with Crippen LogP contribution >= 0.6 is 0 Å². The summed E-state index contributed by atoms with van der Waals surface area (Å²) in [5.74, 6) is 0. The molecule has 4 heteroatoms. The van der Waals surface area contributed by atoms with Crippen molar-refractivity contribution in [2.24, 2.45) is 0 Å². The van der Waals surface area contributed by atoms with Gasteiger partial charge in [-0.25, -0.2) is 4.98 Å². The van der Waals surface area contributed by atoms with Crippen LogP contribution in [0.4, 0.5) is 0 Å². The maximum atomic E-state index is 5.12. The molecule has 0 unspecified atom stereocenters. The smallest absolute Gasteiger partial charge is 0.146 e. The van der Waals surface area contributed by atoms with Crippen molar-refractivity contribution in [3.63, 3.8) is 0 Å². The topological polar surface area (TPSA) is 38.7 Å². The van der Waals surface area contributed by atoms with Gasteiger partial charge in [0.05, 0.1) is 0 Å². The third-order valence-corrected chi connectivity index (χ3v) is 0.498. The van der Waals surface area contributed by atoms with E-state index in [1.807, 2.05) is 0 Å². The molecule has 0 N–H and O–H groups in total. The molecule has 2 radical (unpaired) electrons. The van der Waals surface area contributed by atoms with Crippen LogP contribution in [-0.2, 0) is 0 Å². The summed E-state index contributed by atoms with van der Waals surface area (Å²) in [6.45, 7) is 0. The predicted molar refractivity (Wildman–Crippen MR) is 25.2 cm³/mol. The highest BCUT2D eigenvalue weighted by atomic mass is 15.1. The third kappa shape index (κ3) is 0.959. The molecule has 3 nitrogen and oxygen atoms in total. The van der Waals surface area contributed by atoms with Gasteiger partial charge < -0.3 is 0 Å². The molecule has 0 amide bonds. The van der Waals surface area contributed by atoms with Crippen molar-refractivity contribution >= 4 is 13.4 Å². The van der Waals surface area contributed by atoms with Gasteiger partial charge in [-0.05, 0) is 0 Å². The molecule has 0 aromatic carbocycles. The van der Waals surface area contributed by atoms with Crippen molar-refractivity contribution < 1.29 is 0 Å². The molecule has 0 aliphatic rings. The number of hydrogen-bond donors (Lipinski definition) is 0. The number of rotatable bonds is 0. The van der Waals surface area contributed by atoms with Gasteiger partial charge in [0, 0.05) is 11.8 Å². The average molecular weight is 90.9 g/mol. The summed E-state index contributed by atoms with van der Waals surface area (Å²) in [7, 11) is 5.12. The van der Waals surface area contributed by atoms with Crippen molar-refractivity contribution in [2.75, 3.05) is 0 Å². The Bertz CT molecular complexity index is 140. The molecule has 0 fully saturated rings. The van der Waals surface area contributed by atoms with E-state index in [-0.39, 0.29) is 0 Å². The highest BCUT2D eigenvalue weighted by molar-refractivity contribution is 6.30. The summed E-state index contributed by atoms with van der Waals surface area (Å²) < 4.78 is 0. The lowest BCUT2D eigenvalue weighted by Gasteiger charge is -1.80. The SMILES string of the molecule is [B]c1cncnn1. The Morgan fingerprint density at radius 3 is 2.71 bits per heavy atom. The molecule has 1 rings (SSSR count). The van der Waals surface area contributed by atoms with Crippen LogP contribution in [-0.4, -0.2) is 23.0 Å². The summed E-state index contributed by atoms with van der Waals surface area (Å²) >= 11 is 0. The fourth-order valence-corrected chi connectivity index (χ4v) is 0.258. The Morgan fingerprint density at radius 2 is 2.43 bits per heavy atom. The van der Waals surface area contributed by atoms with Crippen molar-refractivity contribution in [2.45, 2.75) is 0 Å². The van der Waals surface area contributed by atoms with Gasteiger partial charge >= 0.3 is 0 Å². The Hall–Kier alpha value is -0.925. The zero-order valence-corrected chi connectivity index (χ0v) is 3.57. The van der Waals surface area contributed by atoms with E-state index in [4.69, 9.17) is 7.85 Å². The van der Waals surface area contributed by atoms with Crippen LogP contribution in [0.1, 0.15) is 0 Å². The number of hydrogen-bond acceptors (Lipinski definition) is 3. The zero-order chi connectivity index (χ0) is 5.11. The van der Waals surface area contributed by atoms with Gasteiger partial charge in [-0.2, -0.15) is 5.10 Å². The second-order valence-corrected chi connectivity index (χ2v) is 1.03. The Labute approximate surface area is 42.2 Å². The zero-order valence-electron chi connectivity index (χ0n) is 3.57. The van der Waals surface area contributed by atoms with E-state index in [2.05, 4.69) is 15.2 Å². The first kappa shape index (κ1) is 4.24. The largest absolute Gasteiger partial charge is 0.242 e. The quantitative estimate of drug-likeness (QED) is 0.371. The van der Waals surface area contributed by atoms with Crippen molar-refractivity contribution in [1.29, 1.82) is 0 Å². The molecular weight excluding hydrogens is 88.9 g/mol. The minimum atomic E-state index is 0.350. The van der Waals surface area contributed by atoms with E-state index in [9.17, 15) is 0 Å². The predicted octanol–water partition coefficient (Wildman–Crippen LogP) is -1.33. The average Bonchev–Trinajstić information content (AvgIpc) is 1.69. The summed E-state index contributed by atoms with van der Waals surface area (Å²) in [5.41, 5.74) is 0.350. The maximum Gasteiger partial charge on any atom is 0.146 e. The summed E-state index contributed by atoms with van der Waals surface area (Å²) in [5, 5.41) is 6.84. The molecule has 0 saturated heterocycles. The lowest BCUT2D eigenvalue weighted by molar-refractivity contribution is 0.996. The monoisotopic (exact) mass is 91.0 g/mol. The van der Waals surface area contributed by atoms with E-state index in [0.717, 1.165) is 0 Å². The summed E-state index contributed by atoms with van der Waals surface area (Å²) in [4.78, 5) is 3.59. The maximum absolute atomic E-state index is 5.12. The molecule has 0 bridgehead atoms. The molecule has 0 aliphatic carbocycles. The molecule has 0 atom stereocenters. The highest BCUT2D eigenvalue weighted by Crippen LogP contribution is 1.55. The van der Waals surface area contributed by atoms with Crippen LogP contribution in [0.15, 0.2) is 12.5 Å². The first-order chi connectivity index (χ1) is 3.39. The van der Waals surface area contributed by atoms with Crippen LogP contribution in [0.5, 0.6) is 0 Å². The summed E-state index contributed by atoms with van der Waals surface area (Å²) in [6.07, 6.45) is 2.77. The second-order valence-electron chi connectivity index (χ2n) is 1.03. The second kappa shape index (κ2) is 1.68. The molecule has 1 heterocycles. The molecule has 1 aromatic heterocycles. The normalized spacial score (nSPS) is 8.57. The first-order valence-electron chi connectivity index (χ1n) is 1.78. The fourth-order valence-electron chi connectivity index (χ4n) is 0.258. The fraction of sp³-hybridized carbons (Fsp3) is 0. The van der Waals surface area contributed by atoms with E-state index in [1.54, 1.807) is 0 Å². The first-order valence-corrected chi connectivity index (χ1v) is 1.78. The van der Waals surface area contributed by atoms with Crippen LogP contribution in [0, 0.1) is 0 Å². The molecule has 32 valence electrons. The van der Waals surface area contributed by atoms with Gasteiger partial charge in [0.1, 0.15) is 14.2 Å². The van der Waals surface area contributed by atoms with Gasteiger partial charge in [-0.3, -0.25) is 0 Å². The van der Waals surface area contributed by atoms with Crippen LogP contribution < -0.4 is 5.59 Å². The van der Waals surface area contributed by atoms with Gasteiger partial charge in [0.2, 0.25) is 0 Å². The highest BCUT2D eigenvalue weighted by Gasteiger charge is 1.76. The molecule has 7 heavy (non-hydrogen) atoms. The lowest BCUT2D eigenvalue weighted by atomic mass is 10.1. The van der Waals surface area contributed by atoms with Gasteiger partial charge in [0.25, 0.3) is 0 Å². The molecular formula is C3H2BN3. The van der Waals surface area contributed by atoms with Gasteiger partial charge in [0.15, 0.2) is 0 Å². The van der Waals surface area contributed by atoms with Crippen LogP contribution in [0.25, 0.3) is 0 Å². The van der Waals surface area contributed by atoms with E-state index >= 15 is 0 Å². The summed E-state index contributed by atoms with van der Waals surface area (Å²) in [6, 6.07) is 0. The van der Waals surface area contributed by atoms with Crippen LogP contribution in [0.2, 0.25) is 0 Å². The minimum absolute atomic E-state index is 0.350. The van der Waals surface area contributed by atoms with E-state index in [0.29, 0.717) is 5.59 Å². The van der Waals surface area contributed by atoms with Crippen LogP contribution in [0.3, 0.4) is 0 Å². The molecule has 0 aliphatic heterocycles. The third-order valence-electron chi connectivity index (χ3n) is 0.498. The van der Waals surface area contributed by atoms with Gasteiger partial charge in [-0.1, -0.05) is 0 Å². The number of aromatic nitrogens is 3. The number of nitrogens with zero attached hydrogens (tertiary/aromatic N) is 3. The van der Waals surface area contributed by atoms with Gasteiger partial charge in [-0.15, -0.1) is 5.10 Å². The molecule has 0 saturated carbocycles. The standard InChI is InChI=1S/C3H2BN3/c4-3-1-5-2-6-7-3/h1-2H. The Morgan fingerprint density at radius 1 is 1.57 bits per heavy atom. The van der Waals surface area contributed by atoms with E-state index in [1.165, 1.54) is 12.5 Å². The van der Waals surface area contributed by atoms with Crippen molar-refractivity contribution in [3.8, 4) is 0 Å². The minimum Gasteiger partial charge on any atom is -0.242 e. The van der Waals surface area contributed by atoms with E-state index < -0.39 is 0 Å². The lowest BCUT2D eigenvalue weighted by Crippen LogP contribution is -2.08. The Balaban J connectivity index is 3.02. The Kier molecular flexibility index (Phi) is 1.02. The van der Waals surface area contributed by atoms with Crippen molar-refractivity contribution in [3.05, 3.63) is 12.5 Å². The molecule has 0 spiro atoms. The molecule has 1 aromatic rings.